The van der Waals surface area contributed by atoms with E-state index in [9.17, 15) is 14.4 Å². The van der Waals surface area contributed by atoms with Crippen LogP contribution in [0.5, 0.6) is 5.75 Å². The van der Waals surface area contributed by atoms with Crippen molar-refractivity contribution in [1.29, 1.82) is 0 Å². The lowest BCUT2D eigenvalue weighted by Crippen LogP contribution is -2.50. The molecule has 4 aromatic rings. The quantitative estimate of drug-likeness (QED) is 0.341. The van der Waals surface area contributed by atoms with Gasteiger partial charge in [-0.25, -0.2) is 4.79 Å². The first-order valence-electron chi connectivity index (χ1n) is 14.7. The molecule has 0 radical (unpaired) electrons. The molecule has 1 saturated heterocycles. The number of nitrogens with zero attached hydrogens (tertiary/aromatic N) is 4. The smallest absolute Gasteiger partial charge is 0.331 e. The number of aromatic amines is 1. The van der Waals surface area contributed by atoms with Crippen molar-refractivity contribution >= 4 is 22.6 Å². The number of carbonyl (C=O) groups is 1. The fourth-order valence-electron chi connectivity index (χ4n) is 5.72. The number of aromatic nitrogens is 3. The molecule has 212 valence electrons. The predicted molar refractivity (Wildman–Crippen MR) is 158 cm³/mol. The van der Waals surface area contributed by atoms with Crippen molar-refractivity contribution in [2.45, 2.75) is 38.8 Å². The Hall–Kier alpha value is -4.27. The van der Waals surface area contributed by atoms with Crippen LogP contribution in [0, 0.1) is 11.8 Å². The molecule has 0 bridgehead atoms. The normalized spacial score (nSPS) is 17.3. The molecule has 2 aromatic carbocycles. The fourth-order valence-corrected chi connectivity index (χ4v) is 5.72. The van der Waals surface area contributed by atoms with Gasteiger partial charge in [0, 0.05) is 50.6 Å². The van der Waals surface area contributed by atoms with E-state index in [-0.39, 0.29) is 23.8 Å². The van der Waals surface area contributed by atoms with E-state index in [2.05, 4.69) is 22.0 Å². The van der Waals surface area contributed by atoms with Gasteiger partial charge in [-0.3, -0.25) is 18.7 Å². The van der Waals surface area contributed by atoms with E-state index >= 15 is 0 Å². The van der Waals surface area contributed by atoms with Crippen molar-refractivity contribution in [3.05, 3.63) is 81.5 Å². The van der Waals surface area contributed by atoms with Crippen molar-refractivity contribution in [2.75, 3.05) is 37.7 Å². The van der Waals surface area contributed by atoms with E-state index in [1.165, 1.54) is 10.3 Å². The third-order valence-electron chi connectivity index (χ3n) is 8.57. The minimum Gasteiger partial charge on any atom is -0.484 e. The third-order valence-corrected chi connectivity index (χ3v) is 8.57. The van der Waals surface area contributed by atoms with E-state index in [0.29, 0.717) is 54.8 Å². The third kappa shape index (κ3) is 5.40. The Kier molecular flexibility index (Phi) is 6.65. The van der Waals surface area contributed by atoms with Crippen LogP contribution in [0.3, 0.4) is 0 Å². The number of hydrogen-bond acceptors (Lipinski definition) is 5. The van der Waals surface area contributed by atoms with Gasteiger partial charge in [0.15, 0.2) is 6.61 Å². The number of fused-ring (bicyclic) bond motifs is 1. The average Bonchev–Trinajstić information content (AvgIpc) is 3.96. The lowest BCUT2D eigenvalue weighted by atomic mass is 10.1. The molecular formula is C32H35N5O4. The SMILES string of the molecule is O=C(COc1ccc(-c2cc3c([nH]2)c(=O)n(CC2CC2)c(=O)n3CC2CC2)cc1)N1CCN(c2ccccc2)CC1. The first kappa shape index (κ1) is 25.7. The number of hydrogen-bond donors (Lipinski definition) is 1. The second kappa shape index (κ2) is 10.6. The number of carbonyl (C=O) groups excluding carboxylic acids is 1. The maximum atomic E-state index is 13.3. The molecule has 3 aliphatic rings. The Labute approximate surface area is 238 Å². The number of anilines is 1. The number of benzene rings is 2. The monoisotopic (exact) mass is 553 g/mol. The van der Waals surface area contributed by atoms with Gasteiger partial charge in [0.05, 0.1) is 5.52 Å². The van der Waals surface area contributed by atoms with Gasteiger partial charge in [0.25, 0.3) is 11.5 Å². The largest absolute Gasteiger partial charge is 0.484 e. The van der Waals surface area contributed by atoms with Gasteiger partial charge >= 0.3 is 5.69 Å². The minimum atomic E-state index is -0.238. The molecule has 1 amide bonds. The van der Waals surface area contributed by atoms with Crippen molar-refractivity contribution in [2.24, 2.45) is 11.8 Å². The lowest BCUT2D eigenvalue weighted by Gasteiger charge is -2.36. The summed E-state index contributed by atoms with van der Waals surface area (Å²) in [7, 11) is 0. The molecule has 9 heteroatoms. The van der Waals surface area contributed by atoms with E-state index in [1.807, 2.05) is 53.4 Å². The zero-order valence-electron chi connectivity index (χ0n) is 23.1. The number of piperazine rings is 1. The number of amides is 1. The predicted octanol–water partition coefficient (Wildman–Crippen LogP) is 3.71. The van der Waals surface area contributed by atoms with Crippen molar-refractivity contribution in [3.8, 4) is 17.0 Å². The molecule has 41 heavy (non-hydrogen) atoms. The number of H-pyrrole nitrogens is 1. The number of ether oxygens (including phenoxy) is 1. The molecule has 3 heterocycles. The van der Waals surface area contributed by atoms with Crippen LogP contribution in [0.15, 0.2) is 70.3 Å². The highest BCUT2D eigenvalue weighted by atomic mass is 16.5. The summed E-state index contributed by atoms with van der Waals surface area (Å²) in [6.45, 7) is 4.09. The molecule has 0 atom stereocenters. The number of rotatable bonds is 9. The highest BCUT2D eigenvalue weighted by Gasteiger charge is 2.28. The maximum absolute atomic E-state index is 13.3. The van der Waals surface area contributed by atoms with E-state index in [0.717, 1.165) is 50.0 Å². The standard InChI is InChI=1S/C32H35N5O4/c38-29(35-16-14-34(15-17-35)25-4-2-1-3-5-25)21-41-26-12-10-24(11-13-26)27-18-28-30(33-27)31(39)37(20-23-8-9-23)32(40)36(28)19-22-6-7-22/h1-5,10-13,18,22-23,33H,6-9,14-17,19-21H2. The second-order valence-corrected chi connectivity index (χ2v) is 11.7. The summed E-state index contributed by atoms with van der Waals surface area (Å²) in [5.41, 5.74) is 3.58. The Bertz CT molecular complexity index is 1670. The van der Waals surface area contributed by atoms with Gasteiger partial charge in [0.1, 0.15) is 11.3 Å². The molecular weight excluding hydrogens is 518 g/mol. The number of nitrogens with one attached hydrogen (secondary N) is 1. The van der Waals surface area contributed by atoms with Gasteiger partial charge in [-0.2, -0.15) is 0 Å². The average molecular weight is 554 g/mol. The van der Waals surface area contributed by atoms with Crippen LogP contribution in [-0.2, 0) is 17.9 Å². The summed E-state index contributed by atoms with van der Waals surface area (Å²) in [6.07, 6.45) is 4.41. The van der Waals surface area contributed by atoms with E-state index in [1.54, 1.807) is 4.57 Å². The summed E-state index contributed by atoms with van der Waals surface area (Å²) >= 11 is 0. The van der Waals surface area contributed by atoms with Crippen LogP contribution >= 0.6 is 0 Å². The van der Waals surface area contributed by atoms with Crippen LogP contribution in [0.2, 0.25) is 0 Å². The van der Waals surface area contributed by atoms with Crippen molar-refractivity contribution < 1.29 is 9.53 Å². The Morgan fingerprint density at radius 3 is 2.15 bits per heavy atom. The molecule has 1 aliphatic heterocycles. The zero-order valence-corrected chi connectivity index (χ0v) is 23.1. The van der Waals surface area contributed by atoms with Crippen LogP contribution in [0.1, 0.15) is 25.7 Å². The first-order chi connectivity index (χ1) is 20.0. The maximum Gasteiger partial charge on any atom is 0.331 e. The lowest BCUT2D eigenvalue weighted by molar-refractivity contribution is -0.133. The van der Waals surface area contributed by atoms with Gasteiger partial charge in [0.2, 0.25) is 0 Å². The van der Waals surface area contributed by atoms with Gasteiger partial charge in [-0.05, 0) is 85.5 Å². The van der Waals surface area contributed by atoms with E-state index in [4.69, 9.17) is 4.74 Å². The molecule has 0 spiro atoms. The topological polar surface area (TPSA) is 92.6 Å². The highest BCUT2D eigenvalue weighted by Crippen LogP contribution is 2.33. The minimum absolute atomic E-state index is 0.00888. The highest BCUT2D eigenvalue weighted by molar-refractivity contribution is 5.82. The molecule has 2 aliphatic carbocycles. The van der Waals surface area contributed by atoms with E-state index < -0.39 is 0 Å². The van der Waals surface area contributed by atoms with Crippen LogP contribution in [0.4, 0.5) is 5.69 Å². The van der Waals surface area contributed by atoms with Crippen molar-refractivity contribution in [3.63, 3.8) is 0 Å². The summed E-state index contributed by atoms with van der Waals surface area (Å²) in [5, 5.41) is 0. The van der Waals surface area contributed by atoms with Crippen LogP contribution in [0.25, 0.3) is 22.3 Å². The second-order valence-electron chi connectivity index (χ2n) is 11.7. The van der Waals surface area contributed by atoms with Crippen LogP contribution in [-0.4, -0.2) is 57.7 Å². The Balaban J connectivity index is 1.03. The molecule has 7 rings (SSSR count). The molecule has 9 nitrogen and oxygen atoms in total. The zero-order chi connectivity index (χ0) is 27.9. The molecule has 0 unspecified atom stereocenters. The van der Waals surface area contributed by atoms with Gasteiger partial charge < -0.3 is 19.5 Å². The first-order valence-corrected chi connectivity index (χ1v) is 14.7. The molecule has 3 fully saturated rings. The van der Waals surface area contributed by atoms with Crippen LogP contribution < -0.4 is 20.9 Å². The summed E-state index contributed by atoms with van der Waals surface area (Å²) in [6, 6.07) is 19.7. The Morgan fingerprint density at radius 2 is 1.49 bits per heavy atom. The van der Waals surface area contributed by atoms with Gasteiger partial charge in [-0.15, -0.1) is 0 Å². The molecule has 1 N–H and O–H groups in total. The summed E-state index contributed by atoms with van der Waals surface area (Å²) in [4.78, 5) is 46.8. The number of para-hydroxylation sites is 1. The summed E-state index contributed by atoms with van der Waals surface area (Å²) < 4.78 is 9.05. The molecule has 2 saturated carbocycles. The Morgan fingerprint density at radius 1 is 0.829 bits per heavy atom. The van der Waals surface area contributed by atoms with Gasteiger partial charge in [-0.1, -0.05) is 18.2 Å². The molecule has 2 aromatic heterocycles. The van der Waals surface area contributed by atoms with Crippen molar-refractivity contribution in [1.82, 2.24) is 19.0 Å². The fraction of sp³-hybridized carbons (Fsp3) is 0.406. The summed E-state index contributed by atoms with van der Waals surface area (Å²) in [5.74, 6) is 1.53.